The molecule has 25 heavy (non-hydrogen) atoms. The number of aromatic amines is 1. The van der Waals surface area contributed by atoms with E-state index in [4.69, 9.17) is 0 Å². The zero-order valence-electron chi connectivity index (χ0n) is 14.0. The molecule has 3 aromatic rings. The predicted octanol–water partition coefficient (Wildman–Crippen LogP) is 3.24. The smallest absolute Gasteiger partial charge is 0.267 e. The van der Waals surface area contributed by atoms with Crippen molar-refractivity contribution < 1.29 is 9.18 Å². The summed E-state index contributed by atoms with van der Waals surface area (Å²) in [6.07, 6.45) is 0. The van der Waals surface area contributed by atoms with Crippen LogP contribution in [0.3, 0.4) is 0 Å². The number of rotatable bonds is 4. The van der Waals surface area contributed by atoms with E-state index >= 15 is 0 Å². The molecule has 0 aliphatic rings. The van der Waals surface area contributed by atoms with E-state index in [0.29, 0.717) is 11.3 Å². The fraction of sp³-hybridized carbons (Fsp3) is 0.158. The molecule has 3 rings (SSSR count). The Morgan fingerprint density at radius 2 is 1.88 bits per heavy atom. The molecule has 0 atom stereocenters. The van der Waals surface area contributed by atoms with Gasteiger partial charge in [-0.05, 0) is 60.9 Å². The van der Waals surface area contributed by atoms with E-state index in [1.807, 2.05) is 32.0 Å². The molecule has 0 fully saturated rings. The molecule has 6 heteroatoms. The lowest BCUT2D eigenvalue weighted by molar-refractivity contribution is -0.117. The lowest BCUT2D eigenvalue weighted by Gasteiger charge is -2.10. The first kappa shape index (κ1) is 16.7. The average molecular weight is 339 g/mol. The van der Waals surface area contributed by atoms with Crippen LogP contribution in [0, 0.1) is 19.7 Å². The predicted molar refractivity (Wildman–Crippen MR) is 95.0 cm³/mol. The maximum atomic E-state index is 13.0. The molecule has 0 saturated heterocycles. The molecule has 0 spiro atoms. The first-order valence-corrected chi connectivity index (χ1v) is 7.86. The van der Waals surface area contributed by atoms with Crippen molar-refractivity contribution in [3.63, 3.8) is 0 Å². The fourth-order valence-corrected chi connectivity index (χ4v) is 2.55. The van der Waals surface area contributed by atoms with E-state index in [2.05, 4.69) is 10.4 Å². The number of nitrogens with one attached hydrogen (secondary N) is 2. The van der Waals surface area contributed by atoms with Gasteiger partial charge in [-0.25, -0.2) is 9.07 Å². The molecule has 1 aromatic heterocycles. The molecule has 0 radical (unpaired) electrons. The Hall–Kier alpha value is -3.15. The summed E-state index contributed by atoms with van der Waals surface area (Å²) in [6.45, 7) is 3.77. The summed E-state index contributed by atoms with van der Waals surface area (Å²) < 4.78 is 14.2. The maximum absolute atomic E-state index is 13.0. The molecule has 2 aromatic carbocycles. The van der Waals surface area contributed by atoms with Gasteiger partial charge in [0.25, 0.3) is 5.56 Å². The highest BCUT2D eigenvalue weighted by Gasteiger charge is 2.11. The van der Waals surface area contributed by atoms with E-state index < -0.39 is 0 Å². The van der Waals surface area contributed by atoms with Gasteiger partial charge in [0.15, 0.2) is 0 Å². The molecule has 1 heterocycles. The van der Waals surface area contributed by atoms with E-state index in [9.17, 15) is 14.0 Å². The molecule has 0 unspecified atom stereocenters. The minimum Gasteiger partial charge on any atom is -0.324 e. The Balaban J connectivity index is 1.77. The van der Waals surface area contributed by atoms with Crippen LogP contribution in [0.15, 0.2) is 53.3 Å². The standard InChI is InChI=1S/C19H18FN3O2/c1-12-4-3-5-16(13(12)2)21-18(24)11-23-19(25)10-17(22-23)14-6-8-15(20)9-7-14/h3-10,22H,11H2,1-2H3,(H,21,24). The highest BCUT2D eigenvalue weighted by molar-refractivity contribution is 5.91. The fourth-order valence-electron chi connectivity index (χ4n) is 2.55. The van der Waals surface area contributed by atoms with E-state index in [-0.39, 0.29) is 23.8 Å². The van der Waals surface area contributed by atoms with Crippen molar-refractivity contribution >= 4 is 11.6 Å². The molecule has 0 aliphatic carbocycles. The highest BCUT2D eigenvalue weighted by Crippen LogP contribution is 2.18. The van der Waals surface area contributed by atoms with Gasteiger partial charge in [0.2, 0.25) is 5.91 Å². The van der Waals surface area contributed by atoms with Gasteiger partial charge in [0, 0.05) is 11.8 Å². The Morgan fingerprint density at radius 1 is 1.16 bits per heavy atom. The molecule has 0 saturated carbocycles. The second-order valence-electron chi connectivity index (χ2n) is 5.90. The quantitative estimate of drug-likeness (QED) is 0.766. The zero-order valence-corrected chi connectivity index (χ0v) is 14.0. The Bertz CT molecular complexity index is 971. The number of halogens is 1. The van der Waals surface area contributed by atoms with Crippen molar-refractivity contribution in [2.45, 2.75) is 20.4 Å². The Labute approximate surface area is 144 Å². The van der Waals surface area contributed by atoms with Crippen LogP contribution in [0.2, 0.25) is 0 Å². The van der Waals surface area contributed by atoms with E-state index in [1.165, 1.54) is 22.9 Å². The van der Waals surface area contributed by atoms with Crippen LogP contribution in [-0.2, 0) is 11.3 Å². The number of anilines is 1. The summed E-state index contributed by atoms with van der Waals surface area (Å²) in [7, 11) is 0. The molecular weight excluding hydrogens is 321 g/mol. The van der Waals surface area contributed by atoms with Gasteiger partial charge in [-0.3, -0.25) is 14.7 Å². The second kappa shape index (κ2) is 6.76. The SMILES string of the molecule is Cc1cccc(NC(=O)Cn2[nH]c(-c3ccc(F)cc3)cc2=O)c1C. The van der Waals surface area contributed by atoms with Crippen LogP contribution >= 0.6 is 0 Å². The van der Waals surface area contributed by atoms with Gasteiger partial charge in [-0.1, -0.05) is 12.1 Å². The average Bonchev–Trinajstić information content (AvgIpc) is 2.93. The number of carbonyl (C=O) groups excluding carboxylic acids is 1. The number of hydrogen-bond acceptors (Lipinski definition) is 2. The number of carbonyl (C=O) groups is 1. The van der Waals surface area contributed by atoms with Crippen LogP contribution in [0.4, 0.5) is 10.1 Å². The summed E-state index contributed by atoms with van der Waals surface area (Å²) in [6, 6.07) is 12.8. The summed E-state index contributed by atoms with van der Waals surface area (Å²) in [4.78, 5) is 24.3. The lowest BCUT2D eigenvalue weighted by Crippen LogP contribution is -2.26. The monoisotopic (exact) mass is 339 g/mol. The van der Waals surface area contributed by atoms with Gasteiger partial charge >= 0.3 is 0 Å². The highest BCUT2D eigenvalue weighted by atomic mass is 19.1. The number of hydrogen-bond donors (Lipinski definition) is 2. The number of H-pyrrole nitrogens is 1. The summed E-state index contributed by atoms with van der Waals surface area (Å²) in [5.74, 6) is -0.651. The molecule has 1 amide bonds. The first-order valence-electron chi connectivity index (χ1n) is 7.86. The van der Waals surface area contributed by atoms with Crippen molar-refractivity contribution in [1.82, 2.24) is 9.78 Å². The molecule has 5 nitrogen and oxygen atoms in total. The number of amides is 1. The minimum absolute atomic E-state index is 0.132. The Kier molecular flexibility index (Phi) is 4.52. The third kappa shape index (κ3) is 3.68. The number of aromatic nitrogens is 2. The van der Waals surface area contributed by atoms with Crippen molar-refractivity contribution in [2.24, 2.45) is 0 Å². The third-order valence-electron chi connectivity index (χ3n) is 4.12. The maximum Gasteiger partial charge on any atom is 0.267 e. The van der Waals surface area contributed by atoms with Crippen LogP contribution in [-0.4, -0.2) is 15.7 Å². The summed E-state index contributed by atoms with van der Waals surface area (Å²) >= 11 is 0. The molecule has 2 N–H and O–H groups in total. The van der Waals surface area contributed by atoms with Gasteiger partial charge < -0.3 is 5.32 Å². The van der Waals surface area contributed by atoms with Crippen LogP contribution in [0.5, 0.6) is 0 Å². The van der Waals surface area contributed by atoms with Crippen molar-refractivity contribution in [1.29, 1.82) is 0 Å². The normalized spacial score (nSPS) is 10.7. The third-order valence-corrected chi connectivity index (χ3v) is 4.12. The van der Waals surface area contributed by atoms with E-state index in [1.54, 1.807) is 12.1 Å². The molecule has 128 valence electrons. The second-order valence-corrected chi connectivity index (χ2v) is 5.90. The molecular formula is C19H18FN3O2. The van der Waals surface area contributed by atoms with Crippen molar-refractivity contribution in [3.05, 3.63) is 75.8 Å². The Morgan fingerprint density at radius 3 is 2.60 bits per heavy atom. The van der Waals surface area contributed by atoms with Gasteiger partial charge in [-0.15, -0.1) is 0 Å². The summed E-state index contributed by atoms with van der Waals surface area (Å²) in [5.41, 5.74) is 3.67. The van der Waals surface area contributed by atoms with Crippen LogP contribution in [0.25, 0.3) is 11.3 Å². The van der Waals surface area contributed by atoms with Gasteiger partial charge in [-0.2, -0.15) is 0 Å². The topological polar surface area (TPSA) is 66.9 Å². The first-order chi connectivity index (χ1) is 11.9. The van der Waals surface area contributed by atoms with Crippen molar-refractivity contribution in [3.8, 4) is 11.3 Å². The van der Waals surface area contributed by atoms with E-state index in [0.717, 1.165) is 16.8 Å². The van der Waals surface area contributed by atoms with Gasteiger partial charge in [0.1, 0.15) is 12.4 Å². The number of benzene rings is 2. The molecule has 0 bridgehead atoms. The van der Waals surface area contributed by atoms with Gasteiger partial charge in [0.05, 0.1) is 5.69 Å². The van der Waals surface area contributed by atoms with Crippen LogP contribution < -0.4 is 10.9 Å². The largest absolute Gasteiger partial charge is 0.324 e. The molecule has 0 aliphatic heterocycles. The summed E-state index contributed by atoms with van der Waals surface area (Å²) in [5, 5.41) is 5.70. The number of nitrogens with zero attached hydrogens (tertiary/aromatic N) is 1. The lowest BCUT2D eigenvalue weighted by atomic mass is 10.1. The van der Waals surface area contributed by atoms with Crippen LogP contribution in [0.1, 0.15) is 11.1 Å². The number of aryl methyl sites for hydroxylation is 1. The minimum atomic E-state index is -0.349. The van der Waals surface area contributed by atoms with Crippen molar-refractivity contribution in [2.75, 3.05) is 5.32 Å². The zero-order chi connectivity index (χ0) is 18.0.